The number of aromatic nitrogens is 1. The fraction of sp³-hybridized carbons (Fsp3) is 0.385. The Morgan fingerprint density at radius 1 is 0.941 bits per heavy atom. The lowest BCUT2D eigenvalue weighted by Crippen LogP contribution is -2.43. The predicted octanol–water partition coefficient (Wildman–Crippen LogP) is 5.28. The molecule has 8 heteroatoms. The third-order valence-electron chi connectivity index (χ3n) is 5.53. The molecule has 0 bridgehead atoms. The van der Waals surface area contributed by atoms with E-state index in [0.717, 1.165) is 17.4 Å². The van der Waals surface area contributed by atoms with Gasteiger partial charge in [0.05, 0.1) is 19.7 Å². The van der Waals surface area contributed by atoms with Crippen LogP contribution in [0.25, 0.3) is 10.9 Å². The molecule has 3 aromatic rings. The number of carbonyl (C=O) groups excluding carboxylic acids is 1. The molecule has 0 atom stereocenters. The van der Waals surface area contributed by atoms with Crippen molar-refractivity contribution in [3.8, 4) is 23.0 Å². The number of nitrogens with zero attached hydrogens (tertiary/aromatic N) is 2. The van der Waals surface area contributed by atoms with Crippen molar-refractivity contribution < 1.29 is 19.0 Å². The van der Waals surface area contributed by atoms with Crippen LogP contribution in [0.2, 0.25) is 0 Å². The van der Waals surface area contributed by atoms with Crippen molar-refractivity contribution >= 4 is 22.6 Å². The Labute approximate surface area is 201 Å². The molecule has 0 saturated carbocycles. The zero-order chi connectivity index (χ0) is 24.7. The first-order chi connectivity index (χ1) is 16.3. The fourth-order valence-corrected chi connectivity index (χ4v) is 3.86. The van der Waals surface area contributed by atoms with E-state index in [-0.39, 0.29) is 6.03 Å². The van der Waals surface area contributed by atoms with E-state index in [2.05, 4.69) is 48.2 Å². The SMILES string of the molecule is COc1cc2nccc(Oc3ccc(NC(=O)NCCN(C(C)C)C(C)C)cc3)c2cc1OC. The Hall–Kier alpha value is -3.52. The summed E-state index contributed by atoms with van der Waals surface area (Å²) in [5.74, 6) is 2.49. The second kappa shape index (κ2) is 11.6. The minimum absolute atomic E-state index is 0.234. The fourth-order valence-electron chi connectivity index (χ4n) is 3.86. The van der Waals surface area contributed by atoms with Crippen LogP contribution < -0.4 is 24.8 Å². The van der Waals surface area contributed by atoms with Gasteiger partial charge in [-0.25, -0.2) is 4.79 Å². The summed E-state index contributed by atoms with van der Waals surface area (Å²) < 4.78 is 16.9. The number of nitrogens with one attached hydrogen (secondary N) is 2. The molecular weight excluding hydrogens is 432 g/mol. The number of hydrogen-bond donors (Lipinski definition) is 2. The van der Waals surface area contributed by atoms with E-state index in [1.165, 1.54) is 0 Å². The summed E-state index contributed by atoms with van der Waals surface area (Å²) in [6.45, 7) is 10.0. The molecule has 0 spiro atoms. The lowest BCUT2D eigenvalue weighted by molar-refractivity contribution is 0.176. The van der Waals surface area contributed by atoms with Gasteiger partial charge in [0.15, 0.2) is 11.5 Å². The Balaban J connectivity index is 1.62. The Morgan fingerprint density at radius 3 is 2.21 bits per heavy atom. The van der Waals surface area contributed by atoms with Gasteiger partial charge in [0.2, 0.25) is 0 Å². The van der Waals surface area contributed by atoms with Crippen LogP contribution >= 0.6 is 0 Å². The highest BCUT2D eigenvalue weighted by Gasteiger charge is 2.14. The largest absolute Gasteiger partial charge is 0.493 e. The van der Waals surface area contributed by atoms with Gasteiger partial charge in [-0.3, -0.25) is 9.88 Å². The summed E-state index contributed by atoms with van der Waals surface area (Å²) >= 11 is 0. The smallest absolute Gasteiger partial charge is 0.319 e. The van der Waals surface area contributed by atoms with Gasteiger partial charge in [-0.2, -0.15) is 0 Å². The highest BCUT2D eigenvalue weighted by molar-refractivity contribution is 5.89. The second-order valence-electron chi connectivity index (χ2n) is 8.47. The first kappa shape index (κ1) is 25.1. The molecule has 0 aliphatic carbocycles. The Morgan fingerprint density at radius 2 is 1.59 bits per heavy atom. The summed E-state index contributed by atoms with van der Waals surface area (Å²) in [4.78, 5) is 19.0. The van der Waals surface area contributed by atoms with Gasteiger partial charge in [-0.15, -0.1) is 0 Å². The van der Waals surface area contributed by atoms with Crippen molar-refractivity contribution in [2.45, 2.75) is 39.8 Å². The minimum Gasteiger partial charge on any atom is -0.493 e. The maximum absolute atomic E-state index is 12.3. The summed E-state index contributed by atoms with van der Waals surface area (Å²) in [5.41, 5.74) is 1.42. The lowest BCUT2D eigenvalue weighted by Gasteiger charge is -2.30. The molecule has 0 aliphatic rings. The molecule has 0 radical (unpaired) electrons. The minimum atomic E-state index is -0.234. The van der Waals surface area contributed by atoms with Crippen LogP contribution in [0.1, 0.15) is 27.7 Å². The van der Waals surface area contributed by atoms with Gasteiger partial charge in [0.1, 0.15) is 11.5 Å². The van der Waals surface area contributed by atoms with Gasteiger partial charge in [-0.1, -0.05) is 0 Å². The average Bonchev–Trinajstić information content (AvgIpc) is 2.81. The number of ether oxygens (including phenoxy) is 3. The number of amides is 2. The molecule has 34 heavy (non-hydrogen) atoms. The van der Waals surface area contributed by atoms with Gasteiger partial charge in [0, 0.05) is 48.5 Å². The standard InChI is InChI=1S/C26H34N4O4/c1-17(2)30(18(3)4)14-13-28-26(31)29-19-7-9-20(10-8-19)34-23-11-12-27-22-16-25(33-6)24(32-5)15-21(22)23/h7-12,15-18H,13-14H2,1-6H3,(H2,28,29,31). The molecule has 0 saturated heterocycles. The van der Waals surface area contributed by atoms with Crippen molar-refractivity contribution in [3.63, 3.8) is 0 Å². The molecule has 1 aromatic heterocycles. The number of anilines is 1. The number of carbonyl (C=O) groups is 1. The van der Waals surface area contributed by atoms with Crippen molar-refractivity contribution in [1.29, 1.82) is 0 Å². The molecule has 8 nitrogen and oxygen atoms in total. The normalized spacial score (nSPS) is 11.2. The molecule has 0 aliphatic heterocycles. The molecule has 2 aromatic carbocycles. The number of rotatable bonds is 10. The van der Waals surface area contributed by atoms with Crippen LogP contribution in [0.3, 0.4) is 0 Å². The molecule has 2 amide bonds. The number of benzene rings is 2. The van der Waals surface area contributed by atoms with Gasteiger partial charge < -0.3 is 24.8 Å². The maximum atomic E-state index is 12.3. The summed E-state index contributed by atoms with van der Waals surface area (Å²) in [6.07, 6.45) is 1.68. The summed E-state index contributed by atoms with van der Waals surface area (Å²) in [7, 11) is 3.18. The third-order valence-corrected chi connectivity index (χ3v) is 5.53. The Kier molecular flexibility index (Phi) is 8.54. The number of urea groups is 1. The molecule has 182 valence electrons. The number of methoxy groups -OCH3 is 2. The molecule has 0 unspecified atom stereocenters. The average molecular weight is 467 g/mol. The highest BCUT2D eigenvalue weighted by Crippen LogP contribution is 2.36. The molecule has 3 rings (SSSR count). The number of fused-ring (bicyclic) bond motifs is 1. The topological polar surface area (TPSA) is 85.0 Å². The van der Waals surface area contributed by atoms with Crippen LogP contribution in [0.15, 0.2) is 48.7 Å². The number of pyridine rings is 1. The van der Waals surface area contributed by atoms with Crippen LogP contribution in [-0.2, 0) is 0 Å². The van der Waals surface area contributed by atoms with Crippen molar-refractivity contribution in [1.82, 2.24) is 15.2 Å². The van der Waals surface area contributed by atoms with E-state index < -0.39 is 0 Å². The van der Waals surface area contributed by atoms with E-state index in [1.54, 1.807) is 38.6 Å². The quantitative estimate of drug-likeness (QED) is 0.423. The Bertz CT molecular complexity index is 1090. The van der Waals surface area contributed by atoms with E-state index in [0.29, 0.717) is 47.3 Å². The van der Waals surface area contributed by atoms with Crippen LogP contribution in [0, 0.1) is 0 Å². The molecule has 0 fully saturated rings. The first-order valence-corrected chi connectivity index (χ1v) is 11.4. The second-order valence-corrected chi connectivity index (χ2v) is 8.47. The van der Waals surface area contributed by atoms with E-state index in [9.17, 15) is 4.79 Å². The molecule has 2 N–H and O–H groups in total. The predicted molar refractivity (Wildman–Crippen MR) is 135 cm³/mol. The van der Waals surface area contributed by atoms with Crippen molar-refractivity contribution in [3.05, 3.63) is 48.7 Å². The molecular formula is C26H34N4O4. The van der Waals surface area contributed by atoms with E-state index >= 15 is 0 Å². The first-order valence-electron chi connectivity index (χ1n) is 11.4. The highest BCUT2D eigenvalue weighted by atomic mass is 16.5. The monoisotopic (exact) mass is 466 g/mol. The van der Waals surface area contributed by atoms with E-state index in [4.69, 9.17) is 14.2 Å². The van der Waals surface area contributed by atoms with Crippen molar-refractivity contribution in [2.75, 3.05) is 32.6 Å². The zero-order valence-electron chi connectivity index (χ0n) is 20.7. The number of hydrogen-bond acceptors (Lipinski definition) is 6. The summed E-state index contributed by atoms with van der Waals surface area (Å²) in [6, 6.07) is 13.3. The van der Waals surface area contributed by atoms with E-state index in [1.807, 2.05) is 24.3 Å². The van der Waals surface area contributed by atoms with Gasteiger partial charge in [0.25, 0.3) is 0 Å². The van der Waals surface area contributed by atoms with Crippen LogP contribution in [-0.4, -0.2) is 55.3 Å². The van der Waals surface area contributed by atoms with Gasteiger partial charge in [-0.05, 0) is 64.1 Å². The van der Waals surface area contributed by atoms with Crippen molar-refractivity contribution in [2.24, 2.45) is 0 Å². The lowest BCUT2D eigenvalue weighted by atomic mass is 10.2. The van der Waals surface area contributed by atoms with Crippen LogP contribution in [0.5, 0.6) is 23.0 Å². The molecule has 1 heterocycles. The van der Waals surface area contributed by atoms with Gasteiger partial charge >= 0.3 is 6.03 Å². The third kappa shape index (κ3) is 6.29. The zero-order valence-corrected chi connectivity index (χ0v) is 20.7. The maximum Gasteiger partial charge on any atom is 0.319 e. The summed E-state index contributed by atoms with van der Waals surface area (Å²) in [5, 5.41) is 6.58. The van der Waals surface area contributed by atoms with Crippen LogP contribution in [0.4, 0.5) is 10.5 Å².